The Labute approximate surface area is 110 Å². The zero-order chi connectivity index (χ0) is 13.0. The normalized spacial score (nSPS) is 11.7. The Balaban J connectivity index is 2.23. The second kappa shape index (κ2) is 5.85. The van der Waals surface area contributed by atoms with Crippen molar-refractivity contribution in [3.05, 3.63) is 36.2 Å². The molecule has 0 aliphatic carbocycles. The van der Waals surface area contributed by atoms with E-state index in [1.807, 2.05) is 0 Å². The minimum absolute atomic E-state index is 1.18. The van der Waals surface area contributed by atoms with E-state index >= 15 is 0 Å². The fourth-order valence-electron chi connectivity index (χ4n) is 2.43. The molecule has 0 saturated carbocycles. The summed E-state index contributed by atoms with van der Waals surface area (Å²) in [6, 6.07) is 8.53. The van der Waals surface area contributed by atoms with Gasteiger partial charge in [-0.1, -0.05) is 38.0 Å². The van der Waals surface area contributed by atoms with Crippen LogP contribution in [0.15, 0.2) is 30.3 Å². The maximum atomic E-state index is 2.30. The van der Waals surface area contributed by atoms with Crippen molar-refractivity contribution in [2.75, 3.05) is 0 Å². The number of aryl methyl sites for hydroxylation is 2. The predicted octanol–water partition coefficient (Wildman–Crippen LogP) is 3.60. The number of allylic oxidation sites excluding steroid dienone is 1. The van der Waals surface area contributed by atoms with Crippen LogP contribution in [-0.4, -0.2) is 4.57 Å². The lowest BCUT2D eigenvalue weighted by Crippen LogP contribution is -2.30. The Morgan fingerprint density at radius 1 is 1.22 bits per heavy atom. The highest BCUT2D eigenvalue weighted by Crippen LogP contribution is 2.13. The third-order valence-corrected chi connectivity index (χ3v) is 3.53. The van der Waals surface area contributed by atoms with Gasteiger partial charge in [-0.3, -0.25) is 0 Å². The molecule has 0 radical (unpaired) electrons. The molecule has 1 aromatic carbocycles. The summed E-state index contributed by atoms with van der Waals surface area (Å²) in [5.41, 5.74) is 2.57. The van der Waals surface area contributed by atoms with Gasteiger partial charge in [-0.2, -0.15) is 0 Å². The van der Waals surface area contributed by atoms with Gasteiger partial charge < -0.3 is 0 Å². The van der Waals surface area contributed by atoms with Crippen LogP contribution in [0, 0.1) is 0 Å². The van der Waals surface area contributed by atoms with Crippen molar-refractivity contribution >= 4 is 17.1 Å². The average molecular weight is 243 g/mol. The molecule has 0 saturated heterocycles. The van der Waals surface area contributed by atoms with Gasteiger partial charge in [-0.15, -0.1) is 0 Å². The van der Waals surface area contributed by atoms with Crippen LogP contribution in [0.1, 0.15) is 38.4 Å². The van der Waals surface area contributed by atoms with Gasteiger partial charge >= 0.3 is 0 Å². The lowest BCUT2D eigenvalue weighted by atomic mass is 10.2. The first kappa shape index (κ1) is 12.9. The van der Waals surface area contributed by atoms with Crippen LogP contribution >= 0.6 is 0 Å². The monoisotopic (exact) mass is 243 g/mol. The third kappa shape index (κ3) is 2.47. The quantitative estimate of drug-likeness (QED) is 0.560. The van der Waals surface area contributed by atoms with Gasteiger partial charge in [0, 0.05) is 6.08 Å². The topological polar surface area (TPSA) is 8.81 Å². The number of unbranched alkanes of at least 4 members (excludes halogenated alkanes) is 3. The molecule has 0 bridgehead atoms. The molecule has 96 valence electrons. The molecule has 0 unspecified atom stereocenters. The van der Waals surface area contributed by atoms with Gasteiger partial charge in [-0.25, -0.2) is 9.13 Å². The fraction of sp³-hybridized carbons (Fsp3) is 0.438. The predicted molar refractivity (Wildman–Crippen MR) is 77.3 cm³/mol. The molecule has 2 aromatic rings. The number of hydrogen-bond acceptors (Lipinski definition) is 0. The summed E-state index contributed by atoms with van der Waals surface area (Å²) in [7, 11) is 4.27. The van der Waals surface area contributed by atoms with Crippen molar-refractivity contribution < 1.29 is 4.57 Å². The number of benzene rings is 1. The minimum Gasteiger partial charge on any atom is -0.226 e. The van der Waals surface area contributed by atoms with Crippen LogP contribution in [0.3, 0.4) is 0 Å². The lowest BCUT2D eigenvalue weighted by Gasteiger charge is -1.93. The molecular weight excluding hydrogens is 220 g/mol. The number of rotatable bonds is 5. The van der Waals surface area contributed by atoms with E-state index in [2.05, 4.69) is 66.6 Å². The van der Waals surface area contributed by atoms with Crippen LogP contribution < -0.4 is 4.57 Å². The summed E-state index contributed by atoms with van der Waals surface area (Å²) < 4.78 is 4.51. The zero-order valence-electron chi connectivity index (χ0n) is 11.7. The molecule has 0 spiro atoms. The summed E-state index contributed by atoms with van der Waals surface area (Å²) in [5.74, 6) is 1.26. The first-order chi connectivity index (χ1) is 8.75. The van der Waals surface area contributed by atoms with Gasteiger partial charge in [-0.05, 0) is 25.0 Å². The standard InChI is InChI=1S/C16H23N2/c1-4-5-6-7-8-13-16-17(2)14-11-9-10-12-15(14)18(16)3/h8-13H,4-7H2,1-3H3/q+1/b13-8+. The summed E-state index contributed by atoms with van der Waals surface area (Å²) in [6.07, 6.45) is 9.62. The highest BCUT2D eigenvalue weighted by molar-refractivity contribution is 5.73. The molecular formula is C16H23N2+. The summed E-state index contributed by atoms with van der Waals surface area (Å²) in [5, 5.41) is 0. The van der Waals surface area contributed by atoms with E-state index in [4.69, 9.17) is 0 Å². The van der Waals surface area contributed by atoms with E-state index in [-0.39, 0.29) is 0 Å². The number of hydrogen-bond donors (Lipinski definition) is 0. The molecule has 1 heterocycles. The first-order valence-electron chi connectivity index (χ1n) is 6.85. The molecule has 2 nitrogen and oxygen atoms in total. The number of imidazole rings is 1. The average Bonchev–Trinajstić information content (AvgIpc) is 2.64. The SMILES string of the molecule is CCCCC/C=C/c1n(C)c2ccccc2[n+]1C. The maximum Gasteiger partial charge on any atom is 0.281 e. The zero-order valence-corrected chi connectivity index (χ0v) is 11.7. The Morgan fingerprint density at radius 2 is 2.00 bits per heavy atom. The van der Waals surface area contributed by atoms with Crippen LogP contribution in [0.25, 0.3) is 17.1 Å². The Morgan fingerprint density at radius 3 is 2.72 bits per heavy atom. The lowest BCUT2D eigenvalue weighted by molar-refractivity contribution is -0.647. The number of aromatic nitrogens is 2. The van der Waals surface area contributed by atoms with Gasteiger partial charge in [0.25, 0.3) is 5.82 Å². The molecule has 0 aliphatic rings. The van der Waals surface area contributed by atoms with Crippen LogP contribution in [-0.2, 0) is 14.1 Å². The van der Waals surface area contributed by atoms with Crippen LogP contribution in [0.2, 0.25) is 0 Å². The summed E-state index contributed by atoms with van der Waals surface area (Å²) >= 11 is 0. The third-order valence-electron chi connectivity index (χ3n) is 3.53. The smallest absolute Gasteiger partial charge is 0.226 e. The first-order valence-corrected chi connectivity index (χ1v) is 6.85. The molecule has 2 heteroatoms. The fourth-order valence-corrected chi connectivity index (χ4v) is 2.43. The Hall–Kier alpha value is -1.57. The molecule has 0 fully saturated rings. The van der Waals surface area contributed by atoms with Gasteiger partial charge in [0.1, 0.15) is 0 Å². The second-order valence-corrected chi connectivity index (χ2v) is 4.86. The van der Waals surface area contributed by atoms with E-state index < -0.39 is 0 Å². The Bertz CT molecular complexity index is 510. The van der Waals surface area contributed by atoms with Crippen molar-refractivity contribution in [2.45, 2.75) is 32.6 Å². The van der Waals surface area contributed by atoms with Crippen LogP contribution in [0.5, 0.6) is 0 Å². The summed E-state index contributed by atoms with van der Waals surface area (Å²) in [6.45, 7) is 2.24. The summed E-state index contributed by atoms with van der Waals surface area (Å²) in [4.78, 5) is 0. The van der Waals surface area contributed by atoms with Gasteiger partial charge in [0.15, 0.2) is 11.0 Å². The van der Waals surface area contributed by atoms with Crippen molar-refractivity contribution in [2.24, 2.45) is 14.1 Å². The van der Waals surface area contributed by atoms with E-state index in [9.17, 15) is 0 Å². The number of fused-ring (bicyclic) bond motifs is 1. The van der Waals surface area contributed by atoms with E-state index in [1.54, 1.807) is 0 Å². The molecule has 0 N–H and O–H groups in total. The van der Waals surface area contributed by atoms with Crippen LogP contribution in [0.4, 0.5) is 0 Å². The van der Waals surface area contributed by atoms with Crippen molar-refractivity contribution in [3.8, 4) is 0 Å². The molecule has 0 amide bonds. The molecule has 18 heavy (non-hydrogen) atoms. The number of nitrogens with zero attached hydrogens (tertiary/aromatic N) is 2. The van der Waals surface area contributed by atoms with E-state index in [0.29, 0.717) is 0 Å². The van der Waals surface area contributed by atoms with Crippen molar-refractivity contribution in [3.63, 3.8) is 0 Å². The van der Waals surface area contributed by atoms with E-state index in [1.165, 1.54) is 42.5 Å². The largest absolute Gasteiger partial charge is 0.281 e. The van der Waals surface area contributed by atoms with E-state index in [0.717, 1.165) is 0 Å². The maximum absolute atomic E-state index is 2.30. The second-order valence-electron chi connectivity index (χ2n) is 4.86. The van der Waals surface area contributed by atoms with Crippen molar-refractivity contribution in [1.82, 2.24) is 4.57 Å². The molecule has 1 aromatic heterocycles. The highest BCUT2D eigenvalue weighted by Gasteiger charge is 2.16. The highest BCUT2D eigenvalue weighted by atomic mass is 15.1. The number of para-hydroxylation sites is 2. The van der Waals surface area contributed by atoms with Gasteiger partial charge in [0.2, 0.25) is 0 Å². The molecule has 0 atom stereocenters. The molecule has 0 aliphatic heterocycles. The van der Waals surface area contributed by atoms with Gasteiger partial charge in [0.05, 0.1) is 14.1 Å². The molecule has 2 rings (SSSR count). The minimum atomic E-state index is 1.18. The van der Waals surface area contributed by atoms with Crippen molar-refractivity contribution in [1.29, 1.82) is 0 Å². The Kier molecular flexibility index (Phi) is 4.19.